The largest absolute Gasteiger partial charge is 0.497 e. The number of ether oxygens (including phenoxy) is 1. The molecule has 2 aromatic rings. The van der Waals surface area contributed by atoms with Crippen LogP contribution in [0.15, 0.2) is 59.7 Å². The van der Waals surface area contributed by atoms with Crippen LogP contribution in [0.2, 0.25) is 0 Å². The van der Waals surface area contributed by atoms with E-state index in [0.717, 1.165) is 11.3 Å². The predicted octanol–water partition coefficient (Wildman–Crippen LogP) is 2.18. The summed E-state index contributed by atoms with van der Waals surface area (Å²) in [7, 11) is 1.59. The van der Waals surface area contributed by atoms with Gasteiger partial charge in [0.25, 0.3) is 11.8 Å². The zero-order chi connectivity index (χ0) is 16.9. The number of benzene rings is 2. The lowest BCUT2D eigenvalue weighted by Gasteiger charge is -1.99. The monoisotopic (exact) mass is 321 g/mol. The quantitative estimate of drug-likeness (QED) is 0.669. The van der Waals surface area contributed by atoms with Crippen molar-refractivity contribution in [1.29, 1.82) is 0 Å². The molecule has 0 fully saturated rings. The van der Waals surface area contributed by atoms with Gasteiger partial charge in [-0.3, -0.25) is 9.59 Å². The van der Waals surface area contributed by atoms with Gasteiger partial charge in [-0.15, -0.1) is 0 Å². The summed E-state index contributed by atoms with van der Waals surface area (Å²) >= 11 is 0. The highest BCUT2D eigenvalue weighted by atomic mass is 16.5. The van der Waals surface area contributed by atoms with Crippen molar-refractivity contribution in [3.05, 3.63) is 65.7 Å². The Morgan fingerprint density at radius 3 is 2.67 bits per heavy atom. The van der Waals surface area contributed by atoms with Gasteiger partial charge < -0.3 is 10.1 Å². The van der Waals surface area contributed by atoms with Gasteiger partial charge in [-0.1, -0.05) is 30.3 Å². The number of amides is 2. The van der Waals surface area contributed by atoms with Crippen molar-refractivity contribution in [2.75, 3.05) is 12.4 Å². The summed E-state index contributed by atoms with van der Waals surface area (Å²) in [6.07, 6.45) is 3.00. The third-order valence-corrected chi connectivity index (χ3v) is 3.47. The van der Waals surface area contributed by atoms with Crippen LogP contribution in [0.25, 0.3) is 6.08 Å². The highest BCUT2D eigenvalue weighted by Crippen LogP contribution is 2.22. The number of nitrogens with one attached hydrogen (secondary N) is 2. The van der Waals surface area contributed by atoms with Crippen LogP contribution in [-0.4, -0.2) is 24.6 Å². The Bertz CT molecular complexity index is 839. The fourth-order valence-corrected chi connectivity index (χ4v) is 2.25. The summed E-state index contributed by atoms with van der Waals surface area (Å²) in [5.74, 6) is -0.0138. The maximum atomic E-state index is 11.9. The van der Waals surface area contributed by atoms with Gasteiger partial charge in [-0.2, -0.15) is 5.10 Å². The zero-order valence-corrected chi connectivity index (χ0v) is 12.9. The number of rotatable bonds is 4. The average molecular weight is 321 g/mol. The molecule has 0 radical (unpaired) electrons. The number of fused-ring (bicyclic) bond motifs is 1. The maximum absolute atomic E-state index is 11.9. The van der Waals surface area contributed by atoms with Crippen molar-refractivity contribution in [2.24, 2.45) is 5.10 Å². The molecule has 0 bridgehead atoms. The molecule has 6 heteroatoms. The van der Waals surface area contributed by atoms with E-state index in [1.165, 1.54) is 6.08 Å². The van der Waals surface area contributed by atoms with Gasteiger partial charge >= 0.3 is 0 Å². The summed E-state index contributed by atoms with van der Waals surface area (Å²) in [6, 6.07) is 14.4. The topological polar surface area (TPSA) is 79.8 Å². The van der Waals surface area contributed by atoms with Gasteiger partial charge in [0.2, 0.25) is 0 Å². The van der Waals surface area contributed by atoms with Gasteiger partial charge in [0, 0.05) is 11.6 Å². The molecule has 1 aliphatic rings. The van der Waals surface area contributed by atoms with Crippen LogP contribution in [-0.2, 0) is 9.59 Å². The lowest BCUT2D eigenvalue weighted by molar-refractivity contribution is -0.116. The highest BCUT2D eigenvalue weighted by Gasteiger charge is 2.25. The van der Waals surface area contributed by atoms with Crippen LogP contribution in [0.3, 0.4) is 0 Å². The predicted molar refractivity (Wildman–Crippen MR) is 91.8 cm³/mol. The van der Waals surface area contributed by atoms with E-state index in [1.807, 2.05) is 18.2 Å². The van der Waals surface area contributed by atoms with E-state index in [9.17, 15) is 9.59 Å². The summed E-state index contributed by atoms with van der Waals surface area (Å²) < 4.78 is 5.07. The first-order valence-electron chi connectivity index (χ1n) is 7.28. The summed E-state index contributed by atoms with van der Waals surface area (Å²) in [4.78, 5) is 23.7. The Balaban J connectivity index is 1.67. The molecular formula is C18H15N3O3. The van der Waals surface area contributed by atoms with Crippen LogP contribution in [0.5, 0.6) is 5.75 Å². The van der Waals surface area contributed by atoms with Crippen molar-refractivity contribution in [3.8, 4) is 5.75 Å². The molecule has 120 valence electrons. The summed E-state index contributed by atoms with van der Waals surface area (Å²) in [5, 5.41) is 6.61. The van der Waals surface area contributed by atoms with Crippen LogP contribution >= 0.6 is 0 Å². The van der Waals surface area contributed by atoms with E-state index in [4.69, 9.17) is 4.74 Å². The Labute approximate surface area is 138 Å². The second-order valence-electron chi connectivity index (χ2n) is 5.04. The molecule has 6 nitrogen and oxygen atoms in total. The number of carbonyl (C=O) groups excluding carboxylic acids is 2. The van der Waals surface area contributed by atoms with E-state index >= 15 is 0 Å². The van der Waals surface area contributed by atoms with E-state index in [1.54, 1.807) is 43.5 Å². The normalized spacial score (nSPS) is 14.5. The molecule has 1 heterocycles. The van der Waals surface area contributed by atoms with Gasteiger partial charge in [-0.05, 0) is 29.8 Å². The average Bonchev–Trinajstić information content (AvgIpc) is 2.93. The third-order valence-electron chi connectivity index (χ3n) is 3.47. The Hall–Kier alpha value is -3.41. The van der Waals surface area contributed by atoms with Gasteiger partial charge in [0.15, 0.2) is 5.71 Å². The number of carbonyl (C=O) groups is 2. The van der Waals surface area contributed by atoms with E-state index in [2.05, 4.69) is 15.8 Å². The molecule has 2 amide bonds. The zero-order valence-electron chi connectivity index (χ0n) is 12.9. The molecule has 0 saturated carbocycles. The van der Waals surface area contributed by atoms with Crippen molar-refractivity contribution in [2.45, 2.75) is 0 Å². The standard InChI is InChI=1S/C18H15N3O3/c1-24-13-9-6-12(7-10-13)8-11-16(22)20-21-17-14-4-2-3-5-15(14)19-18(17)23/h2-11H,1H3,(H,20,22)(H,19,21,23)/b11-8+. The van der Waals surface area contributed by atoms with Gasteiger partial charge in [0.05, 0.1) is 12.8 Å². The first-order chi connectivity index (χ1) is 11.7. The number of hydrogen-bond donors (Lipinski definition) is 2. The summed E-state index contributed by atoms with van der Waals surface area (Å²) in [5.41, 5.74) is 4.76. The minimum absolute atomic E-state index is 0.191. The van der Waals surface area contributed by atoms with Crippen LogP contribution in [0.4, 0.5) is 5.69 Å². The van der Waals surface area contributed by atoms with Crippen LogP contribution < -0.4 is 15.5 Å². The van der Waals surface area contributed by atoms with E-state index < -0.39 is 5.91 Å². The third kappa shape index (κ3) is 3.33. The number of nitrogens with zero attached hydrogens (tertiary/aromatic N) is 1. The molecule has 0 saturated heterocycles. The second kappa shape index (κ2) is 6.78. The lowest BCUT2D eigenvalue weighted by Crippen LogP contribution is -2.22. The van der Waals surface area contributed by atoms with Crippen molar-refractivity contribution >= 4 is 29.3 Å². The number of hydrazone groups is 1. The first-order valence-corrected chi connectivity index (χ1v) is 7.28. The van der Waals surface area contributed by atoms with Crippen molar-refractivity contribution in [1.82, 2.24) is 5.43 Å². The number of para-hydroxylation sites is 1. The molecule has 3 rings (SSSR count). The molecule has 1 aliphatic heterocycles. The number of methoxy groups -OCH3 is 1. The fraction of sp³-hybridized carbons (Fsp3) is 0.0556. The SMILES string of the molecule is COc1ccc(/C=C/C(=O)N/N=C2\C(=O)Nc3ccccc32)cc1. The number of anilines is 1. The Morgan fingerprint density at radius 1 is 1.17 bits per heavy atom. The molecular weight excluding hydrogens is 306 g/mol. The molecule has 0 aliphatic carbocycles. The van der Waals surface area contributed by atoms with E-state index in [0.29, 0.717) is 11.3 Å². The van der Waals surface area contributed by atoms with Gasteiger partial charge in [-0.25, -0.2) is 5.43 Å². The second-order valence-corrected chi connectivity index (χ2v) is 5.04. The Morgan fingerprint density at radius 2 is 1.92 bits per heavy atom. The van der Waals surface area contributed by atoms with Crippen molar-refractivity contribution < 1.29 is 14.3 Å². The molecule has 24 heavy (non-hydrogen) atoms. The molecule has 0 atom stereocenters. The molecule has 2 aromatic carbocycles. The maximum Gasteiger partial charge on any atom is 0.276 e. The molecule has 0 spiro atoms. The minimum atomic E-state index is -0.421. The van der Waals surface area contributed by atoms with Crippen LogP contribution in [0, 0.1) is 0 Å². The number of hydrogen-bond acceptors (Lipinski definition) is 4. The van der Waals surface area contributed by atoms with E-state index in [-0.39, 0.29) is 11.6 Å². The fourth-order valence-electron chi connectivity index (χ4n) is 2.25. The highest BCUT2D eigenvalue weighted by molar-refractivity contribution is 6.53. The molecule has 2 N–H and O–H groups in total. The van der Waals surface area contributed by atoms with Crippen molar-refractivity contribution in [3.63, 3.8) is 0 Å². The van der Waals surface area contributed by atoms with Gasteiger partial charge in [0.1, 0.15) is 5.75 Å². The molecule has 0 aromatic heterocycles. The summed E-state index contributed by atoms with van der Waals surface area (Å²) in [6.45, 7) is 0. The molecule has 0 unspecified atom stereocenters. The smallest absolute Gasteiger partial charge is 0.276 e. The lowest BCUT2D eigenvalue weighted by atomic mass is 10.1. The Kier molecular flexibility index (Phi) is 4.38. The first kappa shape index (κ1) is 15.5. The van der Waals surface area contributed by atoms with Crippen LogP contribution in [0.1, 0.15) is 11.1 Å². The minimum Gasteiger partial charge on any atom is -0.497 e.